The molecule has 1 heterocycles. The first-order chi connectivity index (χ1) is 6.80. The molecule has 0 atom stereocenters. The first-order valence-corrected chi connectivity index (χ1v) is 4.38. The summed E-state index contributed by atoms with van der Waals surface area (Å²) in [6, 6.07) is 0. The largest absolute Gasteiger partial charge is 0.264 e. The highest BCUT2D eigenvalue weighted by atomic mass is 19.1. The number of halogens is 1. The summed E-state index contributed by atoms with van der Waals surface area (Å²) in [5, 5.41) is 14.0. The first-order valence-electron chi connectivity index (χ1n) is 4.38. The summed E-state index contributed by atoms with van der Waals surface area (Å²) in [4.78, 5) is 9.39. The van der Waals surface area contributed by atoms with Crippen molar-refractivity contribution in [3.05, 3.63) is 34.0 Å². The molecule has 0 saturated heterocycles. The second-order valence-corrected chi connectivity index (χ2v) is 4.08. The van der Waals surface area contributed by atoms with E-state index in [1.165, 1.54) is 10.9 Å². The van der Waals surface area contributed by atoms with Gasteiger partial charge in [0.15, 0.2) is 5.82 Å². The molecule has 1 rings (SSSR count). The molecule has 0 bridgehead atoms. The van der Waals surface area contributed by atoms with Gasteiger partial charge in [0, 0.05) is 6.08 Å². The minimum Gasteiger partial charge on any atom is -0.264 e. The van der Waals surface area contributed by atoms with Crippen molar-refractivity contribution in [2.45, 2.75) is 26.3 Å². The molecule has 0 aliphatic rings. The van der Waals surface area contributed by atoms with Gasteiger partial charge in [0.25, 0.3) is 0 Å². The zero-order chi connectivity index (χ0) is 11.6. The van der Waals surface area contributed by atoms with Gasteiger partial charge in [0.2, 0.25) is 6.20 Å². The van der Waals surface area contributed by atoms with Gasteiger partial charge in [0.05, 0.1) is 16.7 Å². The van der Waals surface area contributed by atoms with Crippen molar-refractivity contribution >= 4 is 6.08 Å². The van der Waals surface area contributed by atoms with Gasteiger partial charge >= 0.3 is 0 Å². The Labute approximate surface area is 86.4 Å². The smallest absolute Gasteiger partial charge is 0.236 e. The third kappa shape index (κ3) is 2.87. The molecule has 1 aromatic rings. The lowest BCUT2D eigenvalue weighted by molar-refractivity contribution is -0.401. The minimum atomic E-state index is -0.657. The van der Waals surface area contributed by atoms with Crippen molar-refractivity contribution < 1.29 is 9.31 Å². The average Bonchev–Trinajstić information content (AvgIpc) is 2.42. The average molecular weight is 213 g/mol. The predicted octanol–water partition coefficient (Wildman–Crippen LogP) is 2.02. The predicted molar refractivity (Wildman–Crippen MR) is 53.2 cm³/mol. The van der Waals surface area contributed by atoms with Crippen LogP contribution in [0.3, 0.4) is 0 Å². The van der Waals surface area contributed by atoms with E-state index in [1.807, 2.05) is 20.8 Å². The van der Waals surface area contributed by atoms with Crippen LogP contribution in [0.1, 0.15) is 26.5 Å². The molecule has 82 valence electrons. The van der Waals surface area contributed by atoms with E-state index in [2.05, 4.69) is 5.10 Å². The van der Waals surface area contributed by atoms with Gasteiger partial charge in [-0.1, -0.05) is 0 Å². The summed E-state index contributed by atoms with van der Waals surface area (Å²) >= 11 is 0. The molecule has 0 amide bonds. The lowest BCUT2D eigenvalue weighted by atomic mass is 10.1. The Morgan fingerprint density at radius 1 is 1.60 bits per heavy atom. The lowest BCUT2D eigenvalue weighted by Gasteiger charge is -2.18. The zero-order valence-electron chi connectivity index (χ0n) is 8.77. The van der Waals surface area contributed by atoms with Crippen LogP contribution in [0, 0.1) is 15.9 Å². The fourth-order valence-corrected chi connectivity index (χ4v) is 0.954. The maximum absolute atomic E-state index is 13.2. The number of nitrogens with zero attached hydrogens (tertiary/aromatic N) is 3. The van der Waals surface area contributed by atoms with Crippen molar-refractivity contribution in [2.24, 2.45) is 0 Å². The molecule has 0 N–H and O–H groups in total. The van der Waals surface area contributed by atoms with Crippen LogP contribution in [0.2, 0.25) is 0 Å². The van der Waals surface area contributed by atoms with E-state index >= 15 is 0 Å². The Balaban J connectivity index is 3.02. The Morgan fingerprint density at radius 2 is 2.20 bits per heavy atom. The van der Waals surface area contributed by atoms with Crippen LogP contribution in [0.15, 0.2) is 12.4 Å². The van der Waals surface area contributed by atoms with Crippen LogP contribution in [0.5, 0.6) is 0 Å². The van der Waals surface area contributed by atoms with Crippen molar-refractivity contribution in [1.29, 1.82) is 0 Å². The number of hydrogen-bond acceptors (Lipinski definition) is 3. The van der Waals surface area contributed by atoms with E-state index in [0.717, 1.165) is 6.08 Å². The molecule has 0 unspecified atom stereocenters. The van der Waals surface area contributed by atoms with Gasteiger partial charge in [-0.15, -0.1) is 0 Å². The number of aromatic nitrogens is 2. The molecule has 6 heteroatoms. The fourth-order valence-electron chi connectivity index (χ4n) is 0.954. The summed E-state index contributed by atoms with van der Waals surface area (Å²) in [5.74, 6) is -0.567. The third-order valence-corrected chi connectivity index (χ3v) is 1.74. The summed E-state index contributed by atoms with van der Waals surface area (Å²) in [5.41, 5.74) is -0.372. The summed E-state index contributed by atoms with van der Waals surface area (Å²) in [6.45, 7) is 5.58. The van der Waals surface area contributed by atoms with Crippen LogP contribution in [0.4, 0.5) is 4.39 Å². The van der Waals surface area contributed by atoms with E-state index in [9.17, 15) is 14.5 Å². The molecule has 0 aliphatic carbocycles. The number of rotatable bonds is 2. The van der Waals surface area contributed by atoms with Gasteiger partial charge in [-0.25, -0.2) is 4.39 Å². The molecule has 0 radical (unpaired) electrons. The topological polar surface area (TPSA) is 61.0 Å². The van der Waals surface area contributed by atoms with Crippen LogP contribution in [-0.2, 0) is 5.54 Å². The molecular formula is C9H12FN3O2. The van der Waals surface area contributed by atoms with Crippen molar-refractivity contribution in [2.75, 3.05) is 0 Å². The maximum Gasteiger partial charge on any atom is 0.236 e. The number of hydrogen-bond donors (Lipinski definition) is 0. The Bertz CT molecular complexity index is 404. The van der Waals surface area contributed by atoms with Gasteiger partial charge in [-0.05, 0) is 20.8 Å². The van der Waals surface area contributed by atoms with Crippen molar-refractivity contribution in [3.63, 3.8) is 0 Å². The SMILES string of the molecule is CC(C)(C)n1cc(F)c(/C=C/[N+](=O)[O-])n1. The third-order valence-electron chi connectivity index (χ3n) is 1.74. The van der Waals surface area contributed by atoms with Crippen LogP contribution < -0.4 is 0 Å². The summed E-state index contributed by atoms with van der Waals surface area (Å²) in [7, 11) is 0. The highest BCUT2D eigenvalue weighted by Crippen LogP contribution is 2.16. The van der Waals surface area contributed by atoms with Crippen molar-refractivity contribution in [3.8, 4) is 0 Å². The van der Waals surface area contributed by atoms with E-state index in [1.54, 1.807) is 0 Å². The molecule has 0 saturated carbocycles. The van der Waals surface area contributed by atoms with Gasteiger partial charge in [-0.2, -0.15) is 5.10 Å². The quantitative estimate of drug-likeness (QED) is 0.557. The fraction of sp³-hybridized carbons (Fsp3) is 0.444. The zero-order valence-corrected chi connectivity index (χ0v) is 8.77. The Hall–Kier alpha value is -1.72. The normalized spacial score (nSPS) is 12.3. The molecule has 0 aromatic carbocycles. The van der Waals surface area contributed by atoms with Crippen LogP contribution in [-0.4, -0.2) is 14.7 Å². The second kappa shape index (κ2) is 3.80. The second-order valence-electron chi connectivity index (χ2n) is 4.08. The van der Waals surface area contributed by atoms with E-state index in [4.69, 9.17) is 0 Å². The molecule has 0 aliphatic heterocycles. The van der Waals surface area contributed by atoms with Crippen LogP contribution >= 0.6 is 0 Å². The lowest BCUT2D eigenvalue weighted by Crippen LogP contribution is -2.22. The van der Waals surface area contributed by atoms with E-state index < -0.39 is 10.7 Å². The van der Waals surface area contributed by atoms with Crippen LogP contribution in [0.25, 0.3) is 6.08 Å². The van der Waals surface area contributed by atoms with Gasteiger partial charge in [-0.3, -0.25) is 14.8 Å². The standard InChI is InChI=1S/C9H12FN3O2/c1-9(2,3)12-6-7(10)8(11-12)4-5-13(14)15/h4-6H,1-3H3/b5-4+. The highest BCUT2D eigenvalue weighted by Gasteiger charge is 2.17. The van der Waals surface area contributed by atoms with E-state index in [0.29, 0.717) is 6.20 Å². The molecule has 0 spiro atoms. The summed E-state index contributed by atoms with van der Waals surface area (Å²) < 4.78 is 14.7. The highest BCUT2D eigenvalue weighted by molar-refractivity contribution is 5.42. The monoisotopic (exact) mass is 213 g/mol. The molecule has 5 nitrogen and oxygen atoms in total. The van der Waals surface area contributed by atoms with E-state index in [-0.39, 0.29) is 11.2 Å². The van der Waals surface area contributed by atoms with Gasteiger partial charge in [0.1, 0.15) is 5.69 Å². The Morgan fingerprint density at radius 3 is 2.60 bits per heavy atom. The van der Waals surface area contributed by atoms with Crippen molar-refractivity contribution in [1.82, 2.24) is 9.78 Å². The molecule has 0 fully saturated rings. The summed E-state index contributed by atoms with van der Waals surface area (Å²) in [6.07, 6.45) is 2.93. The number of nitro groups is 1. The molecule has 15 heavy (non-hydrogen) atoms. The molecular weight excluding hydrogens is 201 g/mol. The Kier molecular flexibility index (Phi) is 2.88. The maximum atomic E-state index is 13.2. The first kappa shape index (κ1) is 11.4. The molecule has 1 aromatic heterocycles. The van der Waals surface area contributed by atoms with Gasteiger partial charge < -0.3 is 0 Å². The minimum absolute atomic E-state index is 0.0263.